The molecule has 0 saturated carbocycles. The smallest absolute Gasteiger partial charge is 0.128 e. The maximum Gasteiger partial charge on any atom is 0.128 e. The van der Waals surface area contributed by atoms with Gasteiger partial charge in [-0.3, -0.25) is 0 Å². The lowest BCUT2D eigenvalue weighted by molar-refractivity contribution is 0.00806. The monoisotopic (exact) mass is 234 g/mol. The van der Waals surface area contributed by atoms with Crippen LogP contribution in [0.25, 0.3) is 0 Å². The van der Waals surface area contributed by atoms with Crippen molar-refractivity contribution in [1.82, 2.24) is 4.98 Å². The Morgan fingerprint density at radius 3 is 2.41 bits per heavy atom. The molecule has 0 aromatic carbocycles. The van der Waals surface area contributed by atoms with Crippen LogP contribution >= 0.6 is 0 Å². The van der Waals surface area contributed by atoms with Gasteiger partial charge in [-0.05, 0) is 23.5 Å². The van der Waals surface area contributed by atoms with Gasteiger partial charge in [-0.15, -0.1) is 0 Å². The van der Waals surface area contributed by atoms with Crippen molar-refractivity contribution in [3.63, 3.8) is 0 Å². The van der Waals surface area contributed by atoms with Crippen molar-refractivity contribution in [2.24, 2.45) is 0 Å². The van der Waals surface area contributed by atoms with E-state index in [1.807, 2.05) is 13.1 Å². The molecule has 1 saturated heterocycles. The third kappa shape index (κ3) is 2.44. The molecule has 1 aromatic heterocycles. The van der Waals surface area contributed by atoms with Crippen LogP contribution < -0.4 is 4.90 Å². The number of aromatic nitrogens is 1. The summed E-state index contributed by atoms with van der Waals surface area (Å²) in [5.41, 5.74) is 0.891. The number of hydrogen-bond acceptors (Lipinski definition) is 3. The van der Waals surface area contributed by atoms with Crippen LogP contribution in [0.1, 0.15) is 39.7 Å². The summed E-state index contributed by atoms with van der Waals surface area (Å²) in [5, 5.41) is 9.96. The molecule has 3 nitrogen and oxygen atoms in total. The van der Waals surface area contributed by atoms with E-state index in [1.54, 1.807) is 0 Å². The molecule has 0 atom stereocenters. The molecule has 0 radical (unpaired) electrons. The molecule has 0 aliphatic carbocycles. The van der Waals surface area contributed by atoms with Gasteiger partial charge in [0.05, 0.1) is 5.60 Å². The molecule has 2 heterocycles. The molecule has 1 N–H and O–H groups in total. The second-order valence-corrected chi connectivity index (χ2v) is 6.09. The van der Waals surface area contributed by atoms with Gasteiger partial charge in [0.25, 0.3) is 0 Å². The van der Waals surface area contributed by atoms with E-state index in [1.165, 1.54) is 5.56 Å². The van der Waals surface area contributed by atoms with Crippen molar-refractivity contribution < 1.29 is 5.11 Å². The highest BCUT2D eigenvalue weighted by atomic mass is 16.3. The molecule has 94 valence electrons. The molecule has 1 aliphatic rings. The number of rotatable bonds is 2. The zero-order valence-electron chi connectivity index (χ0n) is 11.2. The van der Waals surface area contributed by atoms with Crippen LogP contribution in [0.4, 0.5) is 5.82 Å². The standard InChI is InChI=1S/C14H22N2O/c1-5-14(17)9-16(10-14)12-7-6-11(8-15-12)13(2,3)4/h6-8,17H,5,9-10H2,1-4H3. The maximum atomic E-state index is 9.96. The Bertz CT molecular complexity index is 386. The zero-order chi connectivity index (χ0) is 12.7. The van der Waals surface area contributed by atoms with Crippen LogP contribution in [0.5, 0.6) is 0 Å². The van der Waals surface area contributed by atoms with E-state index in [2.05, 4.69) is 42.8 Å². The highest BCUT2D eigenvalue weighted by Gasteiger charge is 2.40. The number of pyridine rings is 1. The Labute approximate surface area is 103 Å². The second-order valence-electron chi connectivity index (χ2n) is 6.09. The van der Waals surface area contributed by atoms with Gasteiger partial charge in [0.15, 0.2) is 0 Å². The molecule has 0 amide bonds. The van der Waals surface area contributed by atoms with E-state index >= 15 is 0 Å². The highest BCUT2D eigenvalue weighted by Crippen LogP contribution is 2.29. The molecule has 3 heteroatoms. The Morgan fingerprint density at radius 2 is 2.00 bits per heavy atom. The molecule has 1 aliphatic heterocycles. The minimum Gasteiger partial charge on any atom is -0.386 e. The molecular formula is C14H22N2O. The third-order valence-electron chi connectivity index (χ3n) is 3.57. The molecule has 0 bridgehead atoms. The summed E-state index contributed by atoms with van der Waals surface area (Å²) in [4.78, 5) is 6.60. The van der Waals surface area contributed by atoms with Crippen LogP contribution in [-0.2, 0) is 5.41 Å². The van der Waals surface area contributed by atoms with Gasteiger partial charge in [-0.1, -0.05) is 33.8 Å². The summed E-state index contributed by atoms with van der Waals surface area (Å²) in [6.45, 7) is 9.97. The van der Waals surface area contributed by atoms with E-state index < -0.39 is 5.60 Å². The summed E-state index contributed by atoms with van der Waals surface area (Å²) in [5.74, 6) is 0.969. The molecule has 0 unspecified atom stereocenters. The van der Waals surface area contributed by atoms with E-state index in [0.717, 1.165) is 12.2 Å². The lowest BCUT2D eigenvalue weighted by Crippen LogP contribution is -2.61. The fraction of sp³-hybridized carbons (Fsp3) is 0.643. The average molecular weight is 234 g/mol. The van der Waals surface area contributed by atoms with Crippen molar-refractivity contribution in [1.29, 1.82) is 0 Å². The summed E-state index contributed by atoms with van der Waals surface area (Å²) >= 11 is 0. The van der Waals surface area contributed by atoms with Crippen LogP contribution in [0, 0.1) is 0 Å². The topological polar surface area (TPSA) is 36.4 Å². The Balaban J connectivity index is 2.06. The Kier molecular flexibility index (Phi) is 2.90. The number of nitrogens with zero attached hydrogens (tertiary/aromatic N) is 2. The lowest BCUT2D eigenvalue weighted by atomic mass is 9.88. The van der Waals surface area contributed by atoms with Crippen molar-refractivity contribution in [3.8, 4) is 0 Å². The fourth-order valence-corrected chi connectivity index (χ4v) is 2.07. The number of anilines is 1. The summed E-state index contributed by atoms with van der Waals surface area (Å²) < 4.78 is 0. The first-order valence-corrected chi connectivity index (χ1v) is 6.28. The van der Waals surface area contributed by atoms with Crippen LogP contribution in [0.2, 0.25) is 0 Å². The first-order valence-electron chi connectivity index (χ1n) is 6.28. The molecule has 2 rings (SSSR count). The van der Waals surface area contributed by atoms with Crippen LogP contribution in [0.15, 0.2) is 18.3 Å². The average Bonchev–Trinajstić information content (AvgIpc) is 2.24. The molecular weight excluding hydrogens is 212 g/mol. The predicted molar refractivity (Wildman–Crippen MR) is 70.4 cm³/mol. The summed E-state index contributed by atoms with van der Waals surface area (Å²) in [6, 6.07) is 4.18. The SMILES string of the molecule is CCC1(O)CN(c2ccc(C(C)(C)C)cn2)C1. The van der Waals surface area contributed by atoms with E-state index in [-0.39, 0.29) is 5.41 Å². The van der Waals surface area contributed by atoms with Gasteiger partial charge in [0.1, 0.15) is 5.82 Å². The number of hydrogen-bond donors (Lipinski definition) is 1. The first-order chi connectivity index (χ1) is 7.84. The van der Waals surface area contributed by atoms with Gasteiger partial charge >= 0.3 is 0 Å². The van der Waals surface area contributed by atoms with E-state index in [0.29, 0.717) is 13.1 Å². The van der Waals surface area contributed by atoms with Crippen LogP contribution in [-0.4, -0.2) is 28.8 Å². The quantitative estimate of drug-likeness (QED) is 0.853. The largest absolute Gasteiger partial charge is 0.386 e. The second kappa shape index (κ2) is 3.98. The molecule has 17 heavy (non-hydrogen) atoms. The van der Waals surface area contributed by atoms with E-state index in [4.69, 9.17) is 0 Å². The summed E-state index contributed by atoms with van der Waals surface area (Å²) in [6.07, 6.45) is 2.75. The first kappa shape index (κ1) is 12.4. The maximum absolute atomic E-state index is 9.96. The molecule has 1 fully saturated rings. The predicted octanol–water partition coefficient (Wildman–Crippen LogP) is 2.34. The van der Waals surface area contributed by atoms with Crippen molar-refractivity contribution >= 4 is 5.82 Å². The Morgan fingerprint density at radius 1 is 1.35 bits per heavy atom. The van der Waals surface area contributed by atoms with Crippen molar-refractivity contribution in [2.75, 3.05) is 18.0 Å². The zero-order valence-corrected chi connectivity index (χ0v) is 11.2. The van der Waals surface area contributed by atoms with Gasteiger partial charge in [0, 0.05) is 19.3 Å². The highest BCUT2D eigenvalue weighted by molar-refractivity contribution is 5.45. The van der Waals surface area contributed by atoms with Crippen molar-refractivity contribution in [3.05, 3.63) is 23.9 Å². The normalized spacial score (nSPS) is 19.0. The van der Waals surface area contributed by atoms with E-state index in [9.17, 15) is 5.11 Å². The number of β-amino-alcohol motifs (C(OH)–C–C–N with tert-alkyl or cyclic N) is 1. The minimum atomic E-state index is -0.496. The lowest BCUT2D eigenvalue weighted by Gasteiger charge is -2.46. The minimum absolute atomic E-state index is 0.143. The third-order valence-corrected chi connectivity index (χ3v) is 3.57. The van der Waals surface area contributed by atoms with Crippen molar-refractivity contribution in [2.45, 2.75) is 45.1 Å². The fourth-order valence-electron chi connectivity index (χ4n) is 2.07. The molecule has 1 aromatic rings. The van der Waals surface area contributed by atoms with Gasteiger partial charge in [-0.2, -0.15) is 0 Å². The Hall–Kier alpha value is -1.09. The van der Waals surface area contributed by atoms with Gasteiger partial charge < -0.3 is 10.0 Å². The van der Waals surface area contributed by atoms with Crippen LogP contribution in [0.3, 0.4) is 0 Å². The van der Waals surface area contributed by atoms with Gasteiger partial charge in [-0.25, -0.2) is 4.98 Å². The van der Waals surface area contributed by atoms with Gasteiger partial charge in [0.2, 0.25) is 0 Å². The number of aliphatic hydroxyl groups is 1. The summed E-state index contributed by atoms with van der Waals surface area (Å²) in [7, 11) is 0. The molecule has 0 spiro atoms.